The molecule has 2 aliphatic heterocycles. The maximum atomic E-state index is 13.7. The van der Waals surface area contributed by atoms with Gasteiger partial charge in [-0.05, 0) is 133 Å². The Balaban J connectivity index is 0.748. The summed E-state index contributed by atoms with van der Waals surface area (Å²) in [6, 6.07) is 37.6. The fourth-order valence-corrected chi connectivity index (χ4v) is 10.5. The molecule has 2 aromatic carbocycles. The molecule has 1 N–H and O–H groups in total. The van der Waals surface area contributed by atoms with Gasteiger partial charge in [-0.3, -0.25) is 48.9 Å². The van der Waals surface area contributed by atoms with Crippen molar-refractivity contribution in [1.29, 1.82) is 0 Å². The number of ether oxygens (including phenoxy) is 3. The highest BCUT2D eigenvalue weighted by atomic mass is 16.5. The minimum Gasteiger partial charge on any atom is -0.494 e. The van der Waals surface area contributed by atoms with Crippen LogP contribution >= 0.6 is 0 Å². The lowest BCUT2D eigenvalue weighted by atomic mass is 9.90. The number of hydrogen-bond acceptors (Lipinski definition) is 14. The van der Waals surface area contributed by atoms with Crippen LogP contribution in [0.25, 0.3) is 22.3 Å². The number of esters is 2. The number of carbonyl (C=O) groups is 3. The summed E-state index contributed by atoms with van der Waals surface area (Å²) in [5.74, 6) is -0.455. The first-order valence-electron chi connectivity index (χ1n) is 26.8. The van der Waals surface area contributed by atoms with Crippen LogP contribution in [0.3, 0.4) is 0 Å². The average Bonchev–Trinajstić information content (AvgIpc) is 4.08. The Hall–Kier alpha value is -8.47. The molecule has 0 aliphatic carbocycles. The molecule has 0 spiro atoms. The van der Waals surface area contributed by atoms with Gasteiger partial charge in [-0.1, -0.05) is 44.2 Å². The summed E-state index contributed by atoms with van der Waals surface area (Å²) in [6.45, 7) is 8.92. The molecular weight excluding hydrogens is 983 g/mol. The Morgan fingerprint density at radius 1 is 0.679 bits per heavy atom. The normalized spacial score (nSPS) is 13.5. The van der Waals surface area contributed by atoms with Crippen LogP contribution in [0.5, 0.6) is 11.5 Å². The van der Waals surface area contributed by atoms with Gasteiger partial charge in [0.15, 0.2) is 0 Å². The van der Waals surface area contributed by atoms with Gasteiger partial charge in [0, 0.05) is 88.0 Å². The van der Waals surface area contributed by atoms with Gasteiger partial charge in [-0.2, -0.15) is 0 Å². The van der Waals surface area contributed by atoms with E-state index in [1.54, 1.807) is 16.7 Å². The van der Waals surface area contributed by atoms with E-state index in [-0.39, 0.29) is 36.9 Å². The van der Waals surface area contributed by atoms with Crippen LogP contribution in [0.1, 0.15) is 108 Å². The molecule has 0 unspecified atom stereocenters. The van der Waals surface area contributed by atoms with Crippen molar-refractivity contribution in [2.24, 2.45) is 0 Å². The predicted octanol–water partition coefficient (Wildman–Crippen LogP) is 9.18. The molecule has 16 heteroatoms. The van der Waals surface area contributed by atoms with E-state index in [1.165, 1.54) is 0 Å². The zero-order valence-electron chi connectivity index (χ0n) is 44.1. The van der Waals surface area contributed by atoms with Crippen LogP contribution in [0.15, 0.2) is 145 Å². The second-order valence-electron chi connectivity index (χ2n) is 19.8. The molecule has 2 aliphatic rings. The largest absolute Gasteiger partial charge is 0.494 e. The number of unbranched alkanes of at least 4 members (excludes halogenated alkanes) is 1. The van der Waals surface area contributed by atoms with Crippen LogP contribution in [-0.4, -0.2) is 70.3 Å². The first-order chi connectivity index (χ1) is 38.2. The van der Waals surface area contributed by atoms with E-state index >= 15 is 0 Å². The lowest BCUT2D eigenvalue weighted by Gasteiger charge is -2.25. The van der Waals surface area contributed by atoms with Crippen molar-refractivity contribution in [2.45, 2.75) is 111 Å². The van der Waals surface area contributed by atoms with Crippen molar-refractivity contribution in [2.75, 3.05) is 13.2 Å². The molecular formula is C62H63N9O7. The summed E-state index contributed by atoms with van der Waals surface area (Å²) in [7, 11) is 0. The zero-order chi connectivity index (χ0) is 53.8. The number of benzene rings is 2. The minimum atomic E-state index is -0.522. The third-order valence-corrected chi connectivity index (χ3v) is 14.2. The lowest BCUT2D eigenvalue weighted by Crippen LogP contribution is -2.32. The lowest BCUT2D eigenvalue weighted by molar-refractivity contribution is -0.148. The summed E-state index contributed by atoms with van der Waals surface area (Å²) in [5, 5.41) is 3.78. The van der Waals surface area contributed by atoms with E-state index in [2.05, 4.69) is 53.3 Å². The average molecular weight is 1050 g/mol. The van der Waals surface area contributed by atoms with E-state index in [0.29, 0.717) is 107 Å². The molecule has 0 bridgehead atoms. The van der Waals surface area contributed by atoms with Crippen molar-refractivity contribution in [3.8, 4) is 22.9 Å². The molecule has 0 saturated heterocycles. The quantitative estimate of drug-likeness (QED) is 0.0343. The molecule has 0 radical (unpaired) electrons. The van der Waals surface area contributed by atoms with Crippen LogP contribution in [0.4, 0.5) is 0 Å². The monoisotopic (exact) mass is 1050 g/mol. The first-order valence-corrected chi connectivity index (χ1v) is 26.8. The molecule has 78 heavy (non-hydrogen) atoms. The SMILES string of the molecule is CCc1c2c(nc3ccc(OC(=O)CCC(=O)NCCCCOc4cc(CN(Cc5ccccn5)Cc5ccccn5)cc(CN(Cc5ccccn5)Cc5ccccn5)c4)cc13)-c1cc3c(c(=O)n1C2)COC(=O)[C@H]3CC. The molecule has 16 nitrogen and oxygen atoms in total. The number of cyclic esters (lactones) is 1. The molecule has 8 heterocycles. The van der Waals surface area contributed by atoms with Gasteiger partial charge >= 0.3 is 11.9 Å². The second-order valence-corrected chi connectivity index (χ2v) is 19.8. The van der Waals surface area contributed by atoms with Gasteiger partial charge < -0.3 is 24.1 Å². The first kappa shape index (κ1) is 52.9. The molecule has 6 aromatic heterocycles. The van der Waals surface area contributed by atoms with E-state index in [4.69, 9.17) is 19.2 Å². The number of fused-ring (bicyclic) bond motifs is 5. The van der Waals surface area contributed by atoms with Crippen molar-refractivity contribution in [1.82, 2.24) is 44.6 Å². The van der Waals surface area contributed by atoms with Crippen LogP contribution in [0.2, 0.25) is 0 Å². The fraction of sp³-hybridized carbons (Fsp3) is 0.306. The van der Waals surface area contributed by atoms with Crippen LogP contribution in [0, 0.1) is 0 Å². The molecule has 0 fully saturated rings. The standard InChI is InChI=1S/C62H63N9O7/c1-3-50-53-32-48(19-20-56(53)68-60-54(50)40-71-57(60)33-52-51(4-2)62(75)77-41-55(52)61(71)74)78-59(73)22-21-58(72)67-27-13-14-28-76-49-30-42(34-69(36-44-15-5-9-23-63-44)37-45-16-6-10-24-64-45)29-43(31-49)35-70(38-46-17-7-11-25-65-46)39-47-18-8-12-26-66-47/h5-12,15-20,23-26,29-33,51H,3-4,13-14,21-22,27-28,34-41H2,1-2H3,(H,67,72)/t51-/m0/s1. The summed E-state index contributed by atoms with van der Waals surface area (Å²) < 4.78 is 19.3. The number of hydrogen-bond donors (Lipinski definition) is 1. The number of nitrogens with zero attached hydrogens (tertiary/aromatic N) is 8. The smallest absolute Gasteiger partial charge is 0.313 e. The summed E-state index contributed by atoms with van der Waals surface area (Å²) in [5.41, 5.74) is 11.2. The van der Waals surface area contributed by atoms with Crippen molar-refractivity contribution >= 4 is 28.7 Å². The van der Waals surface area contributed by atoms with Gasteiger partial charge in [0.25, 0.3) is 5.56 Å². The number of pyridine rings is 6. The number of nitrogens with one attached hydrogen (secondary N) is 1. The Bertz CT molecular complexity index is 3260. The number of aromatic nitrogens is 6. The maximum absolute atomic E-state index is 13.7. The van der Waals surface area contributed by atoms with E-state index < -0.39 is 11.9 Å². The number of carbonyl (C=O) groups excluding carboxylic acids is 3. The van der Waals surface area contributed by atoms with Crippen LogP contribution < -0.4 is 20.3 Å². The Labute approximate surface area is 453 Å². The molecule has 1 atom stereocenters. The van der Waals surface area contributed by atoms with Gasteiger partial charge in [-0.25, -0.2) is 4.98 Å². The topological polar surface area (TPSA) is 184 Å². The molecule has 0 saturated carbocycles. The molecule has 1 amide bonds. The number of aryl methyl sites for hydroxylation is 1. The van der Waals surface area contributed by atoms with Gasteiger partial charge in [0.1, 0.15) is 18.1 Å². The van der Waals surface area contributed by atoms with E-state index in [9.17, 15) is 19.2 Å². The van der Waals surface area contributed by atoms with E-state index in [1.807, 2.05) is 124 Å². The van der Waals surface area contributed by atoms with E-state index in [0.717, 1.165) is 67.4 Å². The predicted molar refractivity (Wildman–Crippen MR) is 295 cm³/mol. The Kier molecular flexibility index (Phi) is 17.1. The van der Waals surface area contributed by atoms with Crippen molar-refractivity contribution in [3.05, 3.63) is 207 Å². The van der Waals surface area contributed by atoms with Gasteiger partial charge in [0.05, 0.1) is 70.7 Å². The summed E-state index contributed by atoms with van der Waals surface area (Å²) >= 11 is 0. The molecule has 10 rings (SSSR count). The van der Waals surface area contributed by atoms with Gasteiger partial charge in [-0.15, -0.1) is 0 Å². The highest BCUT2D eigenvalue weighted by molar-refractivity contribution is 5.90. The number of amides is 1. The molecule has 8 aromatic rings. The zero-order valence-corrected chi connectivity index (χ0v) is 44.1. The highest BCUT2D eigenvalue weighted by Crippen LogP contribution is 2.40. The second kappa shape index (κ2) is 25.1. The molecule has 398 valence electrons. The third kappa shape index (κ3) is 13.0. The van der Waals surface area contributed by atoms with Crippen molar-refractivity contribution < 1.29 is 28.6 Å². The summed E-state index contributed by atoms with van der Waals surface area (Å²) in [6.07, 6.45) is 9.73. The summed E-state index contributed by atoms with van der Waals surface area (Å²) in [4.78, 5) is 80.6. The Morgan fingerprint density at radius 2 is 1.28 bits per heavy atom. The van der Waals surface area contributed by atoms with Crippen molar-refractivity contribution in [3.63, 3.8) is 0 Å². The van der Waals surface area contributed by atoms with Crippen LogP contribution in [-0.2, 0) is 78.0 Å². The van der Waals surface area contributed by atoms with Gasteiger partial charge in [0.2, 0.25) is 5.91 Å². The minimum absolute atomic E-state index is 0.0182. The number of rotatable bonds is 24. The maximum Gasteiger partial charge on any atom is 0.313 e. The fourth-order valence-electron chi connectivity index (χ4n) is 10.5. The third-order valence-electron chi connectivity index (χ3n) is 14.2. The highest BCUT2D eigenvalue weighted by Gasteiger charge is 2.35. The Morgan fingerprint density at radius 3 is 1.83 bits per heavy atom.